The molecule has 1 aliphatic rings. The van der Waals surface area contributed by atoms with Gasteiger partial charge in [0.1, 0.15) is 0 Å². The number of carbonyl (C=O) groups excluding carboxylic acids is 2. The standard InChI is InChI=1S/C32H60O2P/c1-3-5-7-9-11-13-15-17-19-21-23-27-31(33)35(29-25-26-30-35)32(34)28-24-22-20-18-16-14-12-10-8-6-4-2/h25,29H,3-24,26-28,30H2,1-2H3/q+1. The molecule has 0 aliphatic carbocycles. The van der Waals surface area contributed by atoms with Crippen LogP contribution in [0, 0.1) is 0 Å². The molecular weight excluding hydrogens is 447 g/mol. The Morgan fingerprint density at radius 2 is 0.829 bits per heavy atom. The van der Waals surface area contributed by atoms with E-state index in [9.17, 15) is 9.59 Å². The highest BCUT2D eigenvalue weighted by molar-refractivity contribution is 8.06. The number of hydrogen-bond donors (Lipinski definition) is 0. The van der Waals surface area contributed by atoms with E-state index < -0.39 is 7.26 Å². The first kappa shape index (κ1) is 32.5. The molecule has 0 atom stereocenters. The first-order chi connectivity index (χ1) is 17.2. The van der Waals surface area contributed by atoms with Gasteiger partial charge in [-0.3, -0.25) is 9.59 Å². The highest BCUT2D eigenvalue weighted by Crippen LogP contribution is 2.66. The van der Waals surface area contributed by atoms with Crippen LogP contribution >= 0.6 is 7.26 Å². The Labute approximate surface area is 220 Å². The van der Waals surface area contributed by atoms with Crippen molar-refractivity contribution in [3.8, 4) is 0 Å². The van der Waals surface area contributed by atoms with Gasteiger partial charge in [0, 0.05) is 19.3 Å². The number of unbranched alkanes of at least 4 members (excludes halogenated alkanes) is 20. The number of hydrogen-bond acceptors (Lipinski definition) is 2. The summed E-state index contributed by atoms with van der Waals surface area (Å²) in [4.78, 5) is 26.3. The quantitative estimate of drug-likeness (QED) is 0.0861. The minimum Gasteiger partial charge on any atom is -0.252 e. The van der Waals surface area contributed by atoms with Gasteiger partial charge in [0.05, 0.1) is 12.0 Å². The largest absolute Gasteiger partial charge is 0.280 e. The van der Waals surface area contributed by atoms with Gasteiger partial charge in [0.25, 0.3) is 11.0 Å². The van der Waals surface area contributed by atoms with Gasteiger partial charge < -0.3 is 0 Å². The van der Waals surface area contributed by atoms with Gasteiger partial charge in [-0.15, -0.1) is 0 Å². The third kappa shape index (κ3) is 15.4. The molecule has 0 amide bonds. The molecule has 2 nitrogen and oxygen atoms in total. The summed E-state index contributed by atoms with van der Waals surface area (Å²) >= 11 is 0. The fourth-order valence-electron chi connectivity index (χ4n) is 5.44. The Hall–Kier alpha value is -0.490. The Morgan fingerprint density at radius 3 is 1.11 bits per heavy atom. The number of allylic oxidation sites excluding steroid dienone is 1. The van der Waals surface area contributed by atoms with Crippen LogP contribution in [0.3, 0.4) is 0 Å². The summed E-state index contributed by atoms with van der Waals surface area (Å²) in [5.74, 6) is 2.08. The van der Waals surface area contributed by atoms with Crippen molar-refractivity contribution >= 4 is 18.3 Å². The van der Waals surface area contributed by atoms with Crippen LogP contribution in [0.25, 0.3) is 0 Å². The van der Waals surface area contributed by atoms with E-state index in [-0.39, 0.29) is 0 Å². The van der Waals surface area contributed by atoms with E-state index in [0.717, 1.165) is 38.3 Å². The van der Waals surface area contributed by atoms with E-state index in [2.05, 4.69) is 25.7 Å². The molecule has 1 rings (SSSR count). The van der Waals surface area contributed by atoms with Crippen LogP contribution in [0.15, 0.2) is 11.9 Å². The lowest BCUT2D eigenvalue weighted by Crippen LogP contribution is -2.15. The smallest absolute Gasteiger partial charge is 0.252 e. The average molecular weight is 508 g/mol. The summed E-state index contributed by atoms with van der Waals surface area (Å²) in [5, 5.41) is 0. The van der Waals surface area contributed by atoms with Crippen LogP contribution in [0.4, 0.5) is 0 Å². The summed E-state index contributed by atoms with van der Waals surface area (Å²) in [7, 11) is -2.15. The van der Waals surface area contributed by atoms with Crippen LogP contribution in [0.2, 0.25) is 0 Å². The molecule has 204 valence electrons. The minimum absolute atomic E-state index is 0.315. The molecular formula is C32H60O2P+. The van der Waals surface area contributed by atoms with Gasteiger partial charge in [0.15, 0.2) is 7.26 Å². The van der Waals surface area contributed by atoms with Gasteiger partial charge >= 0.3 is 0 Å². The maximum Gasteiger partial charge on any atom is 0.280 e. The van der Waals surface area contributed by atoms with E-state index in [4.69, 9.17) is 0 Å². The van der Waals surface area contributed by atoms with Crippen LogP contribution < -0.4 is 0 Å². The van der Waals surface area contributed by atoms with Crippen molar-refractivity contribution in [2.75, 3.05) is 6.16 Å². The molecule has 0 saturated heterocycles. The first-order valence-electron chi connectivity index (χ1n) is 15.8. The zero-order valence-electron chi connectivity index (χ0n) is 23.8. The van der Waals surface area contributed by atoms with Crippen molar-refractivity contribution < 1.29 is 9.59 Å². The summed E-state index contributed by atoms with van der Waals surface area (Å²) in [6.07, 6.45) is 33.7. The molecule has 1 aliphatic heterocycles. The monoisotopic (exact) mass is 507 g/mol. The van der Waals surface area contributed by atoms with E-state index >= 15 is 0 Å². The zero-order valence-corrected chi connectivity index (χ0v) is 24.7. The molecule has 1 heterocycles. The molecule has 0 aromatic rings. The van der Waals surface area contributed by atoms with E-state index in [1.54, 1.807) is 0 Å². The Kier molecular flexibility index (Phi) is 21.1. The van der Waals surface area contributed by atoms with Crippen molar-refractivity contribution in [3.05, 3.63) is 11.9 Å². The minimum atomic E-state index is -2.15. The highest BCUT2D eigenvalue weighted by Gasteiger charge is 2.52. The molecule has 3 heteroatoms. The van der Waals surface area contributed by atoms with Crippen LogP contribution in [0.1, 0.15) is 174 Å². The van der Waals surface area contributed by atoms with E-state index in [1.807, 2.05) is 0 Å². The number of carbonyl (C=O) groups is 2. The van der Waals surface area contributed by atoms with Gasteiger partial charge in [-0.2, -0.15) is 0 Å². The Balaban J connectivity index is 2.11. The third-order valence-electron chi connectivity index (χ3n) is 7.89. The lowest BCUT2D eigenvalue weighted by Gasteiger charge is -2.16. The molecule has 0 bridgehead atoms. The molecule has 0 aromatic heterocycles. The van der Waals surface area contributed by atoms with Crippen LogP contribution in [-0.2, 0) is 9.59 Å². The molecule has 0 saturated carbocycles. The summed E-state index contributed by atoms with van der Waals surface area (Å²) < 4.78 is 0. The third-order valence-corrected chi connectivity index (χ3v) is 11.8. The predicted molar refractivity (Wildman–Crippen MR) is 158 cm³/mol. The predicted octanol–water partition coefficient (Wildman–Crippen LogP) is 11.4. The van der Waals surface area contributed by atoms with Crippen LogP contribution in [-0.4, -0.2) is 17.2 Å². The van der Waals surface area contributed by atoms with Gasteiger partial charge in [-0.1, -0.05) is 142 Å². The Morgan fingerprint density at radius 1 is 0.514 bits per heavy atom. The van der Waals surface area contributed by atoms with Crippen molar-refractivity contribution in [2.24, 2.45) is 0 Å². The van der Waals surface area contributed by atoms with Gasteiger partial charge in [0.2, 0.25) is 0 Å². The summed E-state index contributed by atoms with van der Waals surface area (Å²) in [6.45, 7) is 4.54. The number of rotatable bonds is 26. The highest BCUT2D eigenvalue weighted by atomic mass is 31.2. The van der Waals surface area contributed by atoms with Gasteiger partial charge in [-0.25, -0.2) is 0 Å². The molecule has 0 unspecified atom stereocenters. The van der Waals surface area contributed by atoms with E-state index in [1.165, 1.54) is 116 Å². The average Bonchev–Trinajstić information content (AvgIpc) is 3.37. The molecule has 35 heavy (non-hydrogen) atoms. The maximum atomic E-state index is 13.1. The fraction of sp³-hybridized carbons (Fsp3) is 0.875. The molecule has 0 aromatic carbocycles. The molecule has 0 N–H and O–H groups in total. The maximum absolute atomic E-state index is 13.1. The second-order valence-electron chi connectivity index (χ2n) is 11.1. The van der Waals surface area contributed by atoms with Crippen molar-refractivity contribution in [2.45, 2.75) is 174 Å². The first-order valence-corrected chi connectivity index (χ1v) is 17.8. The zero-order chi connectivity index (χ0) is 25.5. The van der Waals surface area contributed by atoms with Crippen LogP contribution in [0.5, 0.6) is 0 Å². The molecule has 0 radical (unpaired) electrons. The lowest BCUT2D eigenvalue weighted by molar-refractivity contribution is -0.114. The summed E-state index contributed by atoms with van der Waals surface area (Å²) in [6, 6.07) is 0. The fourth-order valence-corrected chi connectivity index (χ4v) is 8.88. The van der Waals surface area contributed by atoms with Crippen molar-refractivity contribution in [3.63, 3.8) is 0 Å². The second kappa shape index (κ2) is 22.7. The SMILES string of the molecule is CCCCCCCCCCCCCC(=O)[P+]1(C(=O)CCCCCCCCCCCCC)C=CCC1. The second-order valence-corrected chi connectivity index (χ2v) is 14.6. The van der Waals surface area contributed by atoms with Crippen molar-refractivity contribution in [1.29, 1.82) is 0 Å². The van der Waals surface area contributed by atoms with Crippen molar-refractivity contribution in [1.82, 2.24) is 0 Å². The lowest BCUT2D eigenvalue weighted by atomic mass is 10.1. The molecule has 0 fully saturated rings. The van der Waals surface area contributed by atoms with Gasteiger partial charge in [-0.05, 0) is 18.9 Å². The summed E-state index contributed by atoms with van der Waals surface area (Å²) in [5.41, 5.74) is 0.630. The molecule has 0 spiro atoms. The Bertz CT molecular complexity index is 516. The van der Waals surface area contributed by atoms with E-state index in [0.29, 0.717) is 23.9 Å². The topological polar surface area (TPSA) is 34.1 Å². The normalized spacial score (nSPS) is 14.6.